The molecule has 0 aliphatic carbocycles. The molecular weight excluding hydrogens is 232 g/mol. The molecule has 0 spiro atoms. The molecule has 0 aromatic heterocycles. The highest BCUT2D eigenvalue weighted by molar-refractivity contribution is 6.68. The Hall–Kier alpha value is -1.60. The van der Waals surface area contributed by atoms with E-state index >= 15 is 0 Å². The second-order valence-corrected chi connectivity index (χ2v) is 4.39. The minimum Gasteiger partial charge on any atom is -0.276 e. The van der Waals surface area contributed by atoms with Crippen molar-refractivity contribution in [3.8, 4) is 0 Å². The standard InChI is InChI=1S/C15H13ClO/c1-11-6-5-9-13(14(11)15(16)17)10-12-7-3-2-4-8-12/h2-9H,10H2,1H3. The second kappa shape index (κ2) is 5.15. The van der Waals surface area contributed by atoms with Crippen LogP contribution in [0.1, 0.15) is 27.0 Å². The molecule has 2 rings (SSSR count). The molecule has 0 amide bonds. The number of rotatable bonds is 3. The molecule has 1 nitrogen and oxygen atoms in total. The Labute approximate surface area is 106 Å². The van der Waals surface area contributed by atoms with E-state index in [-0.39, 0.29) is 5.24 Å². The third kappa shape index (κ3) is 2.75. The highest BCUT2D eigenvalue weighted by Crippen LogP contribution is 2.19. The molecule has 17 heavy (non-hydrogen) atoms. The fourth-order valence-electron chi connectivity index (χ4n) is 1.97. The maximum atomic E-state index is 11.4. The summed E-state index contributed by atoms with van der Waals surface area (Å²) in [6.07, 6.45) is 0.732. The van der Waals surface area contributed by atoms with Gasteiger partial charge in [0, 0.05) is 5.56 Å². The van der Waals surface area contributed by atoms with Crippen LogP contribution in [0.4, 0.5) is 0 Å². The summed E-state index contributed by atoms with van der Waals surface area (Å²) >= 11 is 5.64. The maximum absolute atomic E-state index is 11.4. The molecule has 0 fully saturated rings. The molecule has 0 heterocycles. The van der Waals surface area contributed by atoms with Gasteiger partial charge in [-0.2, -0.15) is 0 Å². The first-order chi connectivity index (χ1) is 8.18. The summed E-state index contributed by atoms with van der Waals surface area (Å²) in [7, 11) is 0. The van der Waals surface area contributed by atoms with Crippen LogP contribution in [0, 0.1) is 6.92 Å². The number of hydrogen-bond donors (Lipinski definition) is 0. The molecule has 0 saturated carbocycles. The van der Waals surface area contributed by atoms with Crippen LogP contribution >= 0.6 is 11.6 Å². The molecule has 0 aliphatic heterocycles. The number of carbonyl (C=O) groups is 1. The minimum atomic E-state index is -0.381. The Bertz CT molecular complexity index is 532. The molecule has 2 aromatic rings. The van der Waals surface area contributed by atoms with Crippen molar-refractivity contribution in [2.75, 3.05) is 0 Å². The molecule has 0 radical (unpaired) electrons. The van der Waals surface area contributed by atoms with Crippen LogP contribution in [-0.4, -0.2) is 5.24 Å². The fraction of sp³-hybridized carbons (Fsp3) is 0.133. The van der Waals surface area contributed by atoms with Crippen molar-refractivity contribution in [1.82, 2.24) is 0 Å². The smallest absolute Gasteiger partial charge is 0.252 e. The number of halogens is 1. The summed E-state index contributed by atoms with van der Waals surface area (Å²) in [5.74, 6) is 0. The summed E-state index contributed by atoms with van der Waals surface area (Å²) in [5, 5.41) is -0.381. The van der Waals surface area contributed by atoms with Gasteiger partial charge in [-0.15, -0.1) is 0 Å². The Kier molecular flexibility index (Phi) is 3.60. The van der Waals surface area contributed by atoms with Gasteiger partial charge in [-0.1, -0.05) is 48.5 Å². The monoisotopic (exact) mass is 244 g/mol. The zero-order valence-corrected chi connectivity index (χ0v) is 10.4. The van der Waals surface area contributed by atoms with Crippen molar-refractivity contribution in [3.63, 3.8) is 0 Å². The van der Waals surface area contributed by atoms with Gasteiger partial charge in [0.05, 0.1) is 0 Å². The highest BCUT2D eigenvalue weighted by Gasteiger charge is 2.11. The van der Waals surface area contributed by atoms with Gasteiger partial charge in [0.25, 0.3) is 5.24 Å². The largest absolute Gasteiger partial charge is 0.276 e. The summed E-state index contributed by atoms with van der Waals surface area (Å²) in [4.78, 5) is 11.4. The lowest BCUT2D eigenvalue weighted by molar-refractivity contribution is 0.108. The zero-order chi connectivity index (χ0) is 12.3. The quantitative estimate of drug-likeness (QED) is 0.747. The van der Waals surface area contributed by atoms with Crippen molar-refractivity contribution in [2.45, 2.75) is 13.3 Å². The SMILES string of the molecule is Cc1cccc(Cc2ccccc2)c1C(=O)Cl. The Morgan fingerprint density at radius 2 is 1.76 bits per heavy atom. The van der Waals surface area contributed by atoms with E-state index in [2.05, 4.69) is 0 Å². The summed E-state index contributed by atoms with van der Waals surface area (Å²) in [5.41, 5.74) is 3.73. The van der Waals surface area contributed by atoms with E-state index in [1.807, 2.05) is 55.5 Å². The molecule has 0 atom stereocenters. The number of hydrogen-bond acceptors (Lipinski definition) is 1. The van der Waals surface area contributed by atoms with Crippen molar-refractivity contribution in [2.24, 2.45) is 0 Å². The zero-order valence-electron chi connectivity index (χ0n) is 9.61. The van der Waals surface area contributed by atoms with E-state index in [9.17, 15) is 4.79 Å². The van der Waals surface area contributed by atoms with E-state index in [0.29, 0.717) is 5.56 Å². The van der Waals surface area contributed by atoms with Crippen molar-refractivity contribution < 1.29 is 4.79 Å². The molecule has 2 heteroatoms. The van der Waals surface area contributed by atoms with E-state index in [4.69, 9.17) is 11.6 Å². The van der Waals surface area contributed by atoms with Gasteiger partial charge < -0.3 is 0 Å². The lowest BCUT2D eigenvalue weighted by Crippen LogP contribution is -2.01. The molecule has 0 saturated heterocycles. The molecule has 86 valence electrons. The number of carbonyl (C=O) groups excluding carboxylic acids is 1. The Balaban J connectivity index is 2.40. The maximum Gasteiger partial charge on any atom is 0.252 e. The van der Waals surface area contributed by atoms with Gasteiger partial charge in [0.1, 0.15) is 0 Å². The molecule has 0 aliphatic rings. The van der Waals surface area contributed by atoms with E-state index in [0.717, 1.165) is 17.5 Å². The van der Waals surface area contributed by atoms with Crippen LogP contribution < -0.4 is 0 Å². The topological polar surface area (TPSA) is 17.1 Å². The molecular formula is C15H13ClO. The summed E-state index contributed by atoms with van der Waals surface area (Å²) in [6, 6.07) is 15.9. The predicted octanol–water partition coefficient (Wildman–Crippen LogP) is 3.96. The van der Waals surface area contributed by atoms with Gasteiger partial charge >= 0.3 is 0 Å². The predicted molar refractivity (Wildman–Crippen MR) is 70.6 cm³/mol. The molecule has 0 bridgehead atoms. The van der Waals surface area contributed by atoms with Gasteiger partial charge in [-0.25, -0.2) is 0 Å². The van der Waals surface area contributed by atoms with Crippen LogP contribution in [0.25, 0.3) is 0 Å². The second-order valence-electron chi connectivity index (χ2n) is 4.05. The average Bonchev–Trinajstić information content (AvgIpc) is 2.30. The van der Waals surface area contributed by atoms with Crippen molar-refractivity contribution >= 4 is 16.8 Å². The first-order valence-electron chi connectivity index (χ1n) is 5.50. The minimum absolute atomic E-state index is 0.381. The first kappa shape index (κ1) is 11.9. The molecule has 0 N–H and O–H groups in total. The number of benzene rings is 2. The average molecular weight is 245 g/mol. The molecule has 0 unspecified atom stereocenters. The third-order valence-corrected chi connectivity index (χ3v) is 2.98. The van der Waals surface area contributed by atoms with Gasteiger partial charge in [0.2, 0.25) is 0 Å². The summed E-state index contributed by atoms with van der Waals surface area (Å²) < 4.78 is 0. The van der Waals surface area contributed by atoms with Crippen molar-refractivity contribution in [1.29, 1.82) is 0 Å². The number of aryl methyl sites for hydroxylation is 1. The van der Waals surface area contributed by atoms with E-state index in [1.165, 1.54) is 5.56 Å². The van der Waals surface area contributed by atoms with Crippen LogP contribution in [-0.2, 0) is 6.42 Å². The summed E-state index contributed by atoms with van der Waals surface area (Å²) in [6.45, 7) is 1.91. The van der Waals surface area contributed by atoms with Gasteiger partial charge in [-0.3, -0.25) is 4.79 Å². The van der Waals surface area contributed by atoms with Gasteiger partial charge in [-0.05, 0) is 41.6 Å². The van der Waals surface area contributed by atoms with Crippen LogP contribution in [0.5, 0.6) is 0 Å². The lowest BCUT2D eigenvalue weighted by Gasteiger charge is -2.09. The fourth-order valence-corrected chi connectivity index (χ4v) is 2.24. The first-order valence-corrected chi connectivity index (χ1v) is 5.88. The normalized spacial score (nSPS) is 10.2. The van der Waals surface area contributed by atoms with Gasteiger partial charge in [0.15, 0.2) is 0 Å². The van der Waals surface area contributed by atoms with Crippen LogP contribution in [0.3, 0.4) is 0 Å². The van der Waals surface area contributed by atoms with Crippen LogP contribution in [0.15, 0.2) is 48.5 Å². The lowest BCUT2D eigenvalue weighted by atomic mass is 9.97. The van der Waals surface area contributed by atoms with E-state index in [1.54, 1.807) is 0 Å². The Morgan fingerprint density at radius 3 is 2.41 bits per heavy atom. The van der Waals surface area contributed by atoms with E-state index < -0.39 is 0 Å². The molecule has 2 aromatic carbocycles. The van der Waals surface area contributed by atoms with Crippen molar-refractivity contribution in [3.05, 3.63) is 70.8 Å². The van der Waals surface area contributed by atoms with Crippen LogP contribution in [0.2, 0.25) is 0 Å². The third-order valence-electron chi connectivity index (χ3n) is 2.79. The highest BCUT2D eigenvalue weighted by atomic mass is 35.5. The Morgan fingerprint density at radius 1 is 1.06 bits per heavy atom.